The zero-order valence-corrected chi connectivity index (χ0v) is 15.7. The van der Waals surface area contributed by atoms with Crippen molar-refractivity contribution in [1.82, 2.24) is 15.3 Å². The molecule has 0 unspecified atom stereocenters. The molecule has 0 aliphatic rings. The number of carbonyl (C=O) groups excluding carboxylic acids is 1. The Labute approximate surface area is 165 Å². The number of nitrogens with zero attached hydrogens (tertiary/aromatic N) is 2. The summed E-state index contributed by atoms with van der Waals surface area (Å²) >= 11 is 1.29. The van der Waals surface area contributed by atoms with E-state index in [4.69, 9.17) is 0 Å². The summed E-state index contributed by atoms with van der Waals surface area (Å²) in [5.74, 6) is 0.792. The second-order valence-electron chi connectivity index (χ2n) is 6.21. The van der Waals surface area contributed by atoms with E-state index in [1.165, 1.54) is 11.3 Å². The van der Waals surface area contributed by atoms with Gasteiger partial charge in [0, 0.05) is 18.1 Å². The largest absolute Gasteiger partial charge is 0.508 e. The molecule has 6 nitrogen and oxygen atoms in total. The third-order valence-electron chi connectivity index (χ3n) is 4.26. The van der Waals surface area contributed by atoms with E-state index >= 15 is 0 Å². The topological polar surface area (TPSA) is 87.1 Å². The maximum atomic E-state index is 12.3. The minimum absolute atomic E-state index is 0.157. The number of hydrogen-bond donors (Lipinski definition) is 3. The lowest BCUT2D eigenvalue weighted by Crippen LogP contribution is -2.24. The van der Waals surface area contributed by atoms with Gasteiger partial charge in [0.2, 0.25) is 0 Å². The molecule has 2 aromatic heterocycles. The third kappa shape index (κ3) is 4.10. The van der Waals surface area contributed by atoms with Crippen LogP contribution in [0.5, 0.6) is 5.75 Å². The third-order valence-corrected chi connectivity index (χ3v) is 5.18. The summed E-state index contributed by atoms with van der Waals surface area (Å²) in [5.41, 5.74) is 1.05. The normalized spacial score (nSPS) is 10.7. The van der Waals surface area contributed by atoms with Crippen LogP contribution in [0.4, 0.5) is 10.9 Å². The molecule has 3 N–H and O–H groups in total. The molecule has 2 heterocycles. The molecule has 0 saturated carbocycles. The highest BCUT2D eigenvalue weighted by atomic mass is 32.1. The van der Waals surface area contributed by atoms with E-state index in [0.29, 0.717) is 28.8 Å². The molecule has 7 heteroatoms. The van der Waals surface area contributed by atoms with E-state index in [1.54, 1.807) is 24.5 Å². The van der Waals surface area contributed by atoms with Gasteiger partial charge in [-0.3, -0.25) is 4.79 Å². The van der Waals surface area contributed by atoms with E-state index in [9.17, 15) is 9.90 Å². The predicted octanol–water partition coefficient (Wildman–Crippen LogP) is 4.11. The lowest BCUT2D eigenvalue weighted by Gasteiger charge is -2.05. The van der Waals surface area contributed by atoms with Gasteiger partial charge in [-0.25, -0.2) is 9.97 Å². The van der Waals surface area contributed by atoms with Crippen LogP contribution in [-0.2, 0) is 6.42 Å². The first kappa shape index (κ1) is 17.9. The number of benzene rings is 2. The van der Waals surface area contributed by atoms with Crippen LogP contribution in [0, 0.1) is 0 Å². The molecule has 0 saturated heterocycles. The van der Waals surface area contributed by atoms with Crippen LogP contribution in [0.1, 0.15) is 15.2 Å². The molecule has 0 spiro atoms. The summed E-state index contributed by atoms with van der Waals surface area (Å²) in [4.78, 5) is 21.6. The van der Waals surface area contributed by atoms with Gasteiger partial charge in [-0.05, 0) is 35.6 Å². The number of phenolic OH excluding ortho intramolecular Hbond substituents is 1. The van der Waals surface area contributed by atoms with Gasteiger partial charge in [0.05, 0.1) is 6.20 Å². The van der Waals surface area contributed by atoms with Crippen LogP contribution in [-0.4, -0.2) is 27.5 Å². The minimum Gasteiger partial charge on any atom is -0.508 e. The van der Waals surface area contributed by atoms with E-state index in [1.807, 2.05) is 42.5 Å². The SMILES string of the molecule is O=C(NCCc1ccc(O)cc1)c1cnc(Nc2nccc3ccccc23)s1. The number of nitrogens with one attached hydrogen (secondary N) is 2. The number of hydrogen-bond acceptors (Lipinski definition) is 6. The van der Waals surface area contributed by atoms with Gasteiger partial charge in [-0.1, -0.05) is 47.7 Å². The highest BCUT2D eigenvalue weighted by molar-refractivity contribution is 7.17. The first-order valence-electron chi connectivity index (χ1n) is 8.82. The fourth-order valence-electron chi connectivity index (χ4n) is 2.83. The zero-order chi connectivity index (χ0) is 19.3. The average Bonchev–Trinajstić information content (AvgIpc) is 3.18. The highest BCUT2D eigenvalue weighted by Gasteiger charge is 2.11. The van der Waals surface area contributed by atoms with Crippen molar-refractivity contribution in [2.24, 2.45) is 0 Å². The summed E-state index contributed by atoms with van der Waals surface area (Å²) in [6.45, 7) is 0.509. The molecule has 2 aromatic carbocycles. The highest BCUT2D eigenvalue weighted by Crippen LogP contribution is 2.26. The van der Waals surface area contributed by atoms with Gasteiger partial charge in [-0.15, -0.1) is 0 Å². The standard InChI is InChI=1S/C21H18N4O2S/c26-16-7-5-14(6-8-16)9-11-23-20(27)18-13-24-21(28-18)25-19-17-4-2-1-3-15(17)10-12-22-19/h1-8,10,12-13,26H,9,11H2,(H,23,27)(H,22,24,25). The number of aromatic hydroxyl groups is 1. The first-order valence-corrected chi connectivity index (χ1v) is 9.63. The van der Waals surface area contributed by atoms with Crippen molar-refractivity contribution < 1.29 is 9.90 Å². The van der Waals surface area contributed by atoms with Gasteiger partial charge in [0.1, 0.15) is 16.4 Å². The van der Waals surface area contributed by atoms with Crippen LogP contribution in [0.3, 0.4) is 0 Å². The molecule has 0 aliphatic carbocycles. The van der Waals surface area contributed by atoms with Crippen molar-refractivity contribution in [3.05, 3.63) is 77.4 Å². The molecular formula is C21H18N4O2S. The van der Waals surface area contributed by atoms with Gasteiger partial charge in [0.25, 0.3) is 5.91 Å². The maximum absolute atomic E-state index is 12.3. The number of amides is 1. The Morgan fingerprint density at radius 3 is 2.71 bits per heavy atom. The van der Waals surface area contributed by atoms with Gasteiger partial charge < -0.3 is 15.7 Å². The molecule has 4 rings (SSSR count). The fourth-order valence-corrected chi connectivity index (χ4v) is 3.56. The average molecular weight is 390 g/mol. The fraction of sp³-hybridized carbons (Fsp3) is 0.0952. The Morgan fingerprint density at radius 1 is 1.04 bits per heavy atom. The number of aromatic nitrogens is 2. The van der Waals surface area contributed by atoms with Gasteiger partial charge in [-0.2, -0.15) is 0 Å². The number of pyridine rings is 1. The van der Waals surface area contributed by atoms with Crippen molar-refractivity contribution in [2.45, 2.75) is 6.42 Å². The van der Waals surface area contributed by atoms with E-state index in [0.717, 1.165) is 16.3 Å². The molecule has 0 atom stereocenters. The van der Waals surface area contributed by atoms with Crippen molar-refractivity contribution in [3.8, 4) is 5.75 Å². The monoisotopic (exact) mass is 390 g/mol. The number of phenols is 1. The lowest BCUT2D eigenvalue weighted by atomic mass is 10.1. The Balaban J connectivity index is 1.38. The van der Waals surface area contributed by atoms with Crippen LogP contribution >= 0.6 is 11.3 Å². The molecule has 28 heavy (non-hydrogen) atoms. The van der Waals surface area contributed by atoms with Crippen LogP contribution in [0.15, 0.2) is 67.0 Å². The van der Waals surface area contributed by atoms with Crippen LogP contribution in [0.2, 0.25) is 0 Å². The molecule has 0 aliphatic heterocycles. The Bertz CT molecular complexity index is 1100. The first-order chi connectivity index (χ1) is 13.7. The number of fused-ring (bicyclic) bond motifs is 1. The van der Waals surface area contributed by atoms with E-state index in [2.05, 4.69) is 20.6 Å². The molecule has 4 aromatic rings. The Morgan fingerprint density at radius 2 is 1.86 bits per heavy atom. The Kier molecular flexibility index (Phi) is 5.16. The molecule has 1 amide bonds. The number of anilines is 2. The Hall–Kier alpha value is -3.45. The molecular weight excluding hydrogens is 372 g/mol. The van der Waals surface area contributed by atoms with Crippen molar-refractivity contribution >= 4 is 39.0 Å². The van der Waals surface area contributed by atoms with Gasteiger partial charge in [0.15, 0.2) is 5.13 Å². The summed E-state index contributed by atoms with van der Waals surface area (Å²) in [6.07, 6.45) is 4.00. The smallest absolute Gasteiger partial charge is 0.263 e. The zero-order valence-electron chi connectivity index (χ0n) is 14.9. The second-order valence-corrected chi connectivity index (χ2v) is 7.24. The van der Waals surface area contributed by atoms with Crippen LogP contribution in [0.25, 0.3) is 10.8 Å². The summed E-state index contributed by atoms with van der Waals surface area (Å²) in [7, 11) is 0. The second kappa shape index (κ2) is 8.06. The molecule has 0 fully saturated rings. The summed E-state index contributed by atoms with van der Waals surface area (Å²) in [5, 5.41) is 18.1. The van der Waals surface area contributed by atoms with Gasteiger partial charge >= 0.3 is 0 Å². The molecule has 0 bridgehead atoms. The van der Waals surface area contributed by atoms with Crippen molar-refractivity contribution in [3.63, 3.8) is 0 Å². The predicted molar refractivity (Wildman–Crippen MR) is 111 cm³/mol. The number of thiazole rings is 1. The number of rotatable bonds is 6. The maximum Gasteiger partial charge on any atom is 0.263 e. The lowest BCUT2D eigenvalue weighted by molar-refractivity contribution is 0.0958. The van der Waals surface area contributed by atoms with Crippen LogP contribution < -0.4 is 10.6 Å². The molecule has 0 radical (unpaired) electrons. The van der Waals surface area contributed by atoms with Crippen molar-refractivity contribution in [1.29, 1.82) is 0 Å². The van der Waals surface area contributed by atoms with Crippen molar-refractivity contribution in [2.75, 3.05) is 11.9 Å². The number of carbonyl (C=O) groups is 1. The van der Waals surface area contributed by atoms with E-state index < -0.39 is 0 Å². The summed E-state index contributed by atoms with van der Waals surface area (Å²) < 4.78 is 0. The minimum atomic E-state index is -0.157. The van der Waals surface area contributed by atoms with E-state index in [-0.39, 0.29) is 11.7 Å². The summed E-state index contributed by atoms with van der Waals surface area (Å²) in [6, 6.07) is 16.9. The molecule has 140 valence electrons. The quantitative estimate of drug-likeness (QED) is 0.461.